The summed E-state index contributed by atoms with van der Waals surface area (Å²) in [7, 11) is 1.94. The number of benzene rings is 1. The first-order valence-corrected chi connectivity index (χ1v) is 7.34. The van der Waals surface area contributed by atoms with E-state index in [0.717, 1.165) is 15.8 Å². The first-order valence-electron chi connectivity index (χ1n) is 6.26. The molecule has 0 aromatic heterocycles. The van der Waals surface area contributed by atoms with Crippen molar-refractivity contribution in [1.29, 1.82) is 0 Å². The number of halogens is 1. The van der Waals surface area contributed by atoms with E-state index in [1.807, 2.05) is 36.2 Å². The van der Waals surface area contributed by atoms with Gasteiger partial charge in [0.05, 0.1) is 6.54 Å². The number of amides is 1. The predicted molar refractivity (Wildman–Crippen MR) is 88.1 cm³/mol. The lowest BCUT2D eigenvalue weighted by Crippen LogP contribution is -2.40. The molecule has 19 heavy (non-hydrogen) atoms. The average Bonchev–Trinajstić information content (AvgIpc) is 2.27. The third-order valence-corrected chi connectivity index (χ3v) is 3.44. The van der Waals surface area contributed by atoms with Crippen molar-refractivity contribution in [2.45, 2.75) is 13.8 Å². The summed E-state index contributed by atoms with van der Waals surface area (Å²) in [5, 5.41) is 2.90. The maximum Gasteiger partial charge on any atom is 0.238 e. The highest BCUT2D eigenvalue weighted by Gasteiger charge is 2.19. The summed E-state index contributed by atoms with van der Waals surface area (Å²) >= 11 is 2.22. The Kier molecular flexibility index (Phi) is 6.22. The van der Waals surface area contributed by atoms with Crippen LogP contribution in [0.2, 0.25) is 0 Å². The number of anilines is 1. The highest BCUT2D eigenvalue weighted by Crippen LogP contribution is 2.14. The van der Waals surface area contributed by atoms with E-state index in [1.54, 1.807) is 0 Å². The minimum absolute atomic E-state index is 0.00248. The Balaban J connectivity index is 2.47. The smallest absolute Gasteiger partial charge is 0.238 e. The SMILES string of the molecule is CN(CC(=O)Nc1cccc(I)c1)CC(C)(C)CN. The molecule has 3 N–H and O–H groups in total. The van der Waals surface area contributed by atoms with Crippen LogP contribution in [-0.2, 0) is 4.79 Å². The van der Waals surface area contributed by atoms with Crippen LogP contribution in [0.25, 0.3) is 0 Å². The molecule has 4 nitrogen and oxygen atoms in total. The molecular weight excluding hydrogens is 353 g/mol. The lowest BCUT2D eigenvalue weighted by atomic mass is 9.93. The molecule has 0 spiro atoms. The zero-order chi connectivity index (χ0) is 14.5. The number of carbonyl (C=O) groups excluding carboxylic acids is 1. The number of nitrogens with one attached hydrogen (secondary N) is 1. The molecule has 0 saturated heterocycles. The Morgan fingerprint density at radius 1 is 1.47 bits per heavy atom. The topological polar surface area (TPSA) is 58.4 Å². The van der Waals surface area contributed by atoms with Crippen LogP contribution in [0.3, 0.4) is 0 Å². The van der Waals surface area contributed by atoms with Gasteiger partial charge in [-0.3, -0.25) is 9.69 Å². The molecule has 1 aromatic carbocycles. The molecule has 1 aromatic rings. The number of nitrogens with zero attached hydrogens (tertiary/aromatic N) is 1. The van der Waals surface area contributed by atoms with Gasteiger partial charge in [-0.25, -0.2) is 0 Å². The van der Waals surface area contributed by atoms with Gasteiger partial charge in [-0.15, -0.1) is 0 Å². The van der Waals surface area contributed by atoms with E-state index < -0.39 is 0 Å². The molecule has 0 aliphatic rings. The van der Waals surface area contributed by atoms with Crippen molar-refractivity contribution in [2.75, 3.05) is 32.0 Å². The van der Waals surface area contributed by atoms with Crippen LogP contribution in [0.5, 0.6) is 0 Å². The van der Waals surface area contributed by atoms with Crippen molar-refractivity contribution in [2.24, 2.45) is 11.1 Å². The van der Waals surface area contributed by atoms with Crippen molar-refractivity contribution in [3.05, 3.63) is 27.8 Å². The van der Waals surface area contributed by atoms with Crippen molar-refractivity contribution >= 4 is 34.2 Å². The highest BCUT2D eigenvalue weighted by molar-refractivity contribution is 14.1. The third-order valence-electron chi connectivity index (χ3n) is 2.77. The molecule has 0 heterocycles. The summed E-state index contributed by atoms with van der Waals surface area (Å²) < 4.78 is 1.10. The standard InChI is InChI=1S/C14H22IN3O/c1-14(2,9-16)10-18(3)8-13(19)17-12-6-4-5-11(15)7-12/h4-7H,8-10,16H2,1-3H3,(H,17,19). The van der Waals surface area contributed by atoms with Gasteiger partial charge in [-0.1, -0.05) is 19.9 Å². The monoisotopic (exact) mass is 375 g/mol. The van der Waals surface area contributed by atoms with Gasteiger partial charge in [0.15, 0.2) is 0 Å². The van der Waals surface area contributed by atoms with Gasteiger partial charge in [0, 0.05) is 15.8 Å². The molecule has 0 bridgehead atoms. The van der Waals surface area contributed by atoms with Crippen LogP contribution in [0.1, 0.15) is 13.8 Å². The van der Waals surface area contributed by atoms with Crippen molar-refractivity contribution in [3.63, 3.8) is 0 Å². The fraction of sp³-hybridized carbons (Fsp3) is 0.500. The number of carbonyl (C=O) groups is 1. The summed E-state index contributed by atoms with van der Waals surface area (Å²) in [5.41, 5.74) is 6.56. The summed E-state index contributed by atoms with van der Waals surface area (Å²) in [5.74, 6) is -0.00248. The van der Waals surface area contributed by atoms with E-state index in [1.165, 1.54) is 0 Å². The molecule has 0 saturated carbocycles. The first kappa shape index (κ1) is 16.4. The fourth-order valence-electron chi connectivity index (χ4n) is 1.86. The van der Waals surface area contributed by atoms with E-state index in [9.17, 15) is 4.79 Å². The fourth-order valence-corrected chi connectivity index (χ4v) is 2.41. The number of hydrogen-bond donors (Lipinski definition) is 2. The summed E-state index contributed by atoms with van der Waals surface area (Å²) in [6.45, 7) is 5.97. The van der Waals surface area contributed by atoms with Crippen LogP contribution in [0, 0.1) is 8.99 Å². The summed E-state index contributed by atoms with van der Waals surface area (Å²) in [6, 6.07) is 7.76. The third kappa shape index (κ3) is 6.35. The van der Waals surface area contributed by atoms with Gasteiger partial charge in [-0.2, -0.15) is 0 Å². The molecule has 0 aliphatic carbocycles. The largest absolute Gasteiger partial charge is 0.330 e. The minimum Gasteiger partial charge on any atom is -0.330 e. The predicted octanol–water partition coefficient (Wildman–Crippen LogP) is 2.15. The van der Waals surface area contributed by atoms with E-state index in [0.29, 0.717) is 13.1 Å². The normalized spacial score (nSPS) is 11.7. The van der Waals surface area contributed by atoms with Crippen LogP contribution < -0.4 is 11.1 Å². The van der Waals surface area contributed by atoms with Crippen LogP contribution in [0.4, 0.5) is 5.69 Å². The van der Waals surface area contributed by atoms with Gasteiger partial charge in [0.1, 0.15) is 0 Å². The zero-order valence-corrected chi connectivity index (χ0v) is 13.9. The second-order valence-corrected chi connectivity index (χ2v) is 6.84. The number of hydrogen-bond acceptors (Lipinski definition) is 3. The van der Waals surface area contributed by atoms with Crippen molar-refractivity contribution < 1.29 is 4.79 Å². The Morgan fingerprint density at radius 2 is 2.16 bits per heavy atom. The van der Waals surface area contributed by atoms with Gasteiger partial charge >= 0.3 is 0 Å². The Morgan fingerprint density at radius 3 is 2.74 bits per heavy atom. The summed E-state index contributed by atoms with van der Waals surface area (Å²) in [6.07, 6.45) is 0. The second kappa shape index (κ2) is 7.21. The molecule has 1 rings (SSSR count). The first-order chi connectivity index (χ1) is 8.82. The van der Waals surface area contributed by atoms with E-state index in [4.69, 9.17) is 5.73 Å². The quantitative estimate of drug-likeness (QED) is 0.750. The van der Waals surface area contributed by atoms with Crippen LogP contribution >= 0.6 is 22.6 Å². The minimum atomic E-state index is -0.00248. The lowest BCUT2D eigenvalue weighted by Gasteiger charge is -2.28. The van der Waals surface area contributed by atoms with E-state index in [2.05, 4.69) is 41.8 Å². The molecule has 0 atom stereocenters. The van der Waals surface area contributed by atoms with Crippen LogP contribution in [0.15, 0.2) is 24.3 Å². The van der Waals surface area contributed by atoms with Crippen molar-refractivity contribution in [1.82, 2.24) is 4.90 Å². The number of nitrogens with two attached hydrogens (primary N) is 1. The molecule has 1 amide bonds. The van der Waals surface area contributed by atoms with Gasteiger partial charge in [0.2, 0.25) is 5.91 Å². The Labute approximate surface area is 128 Å². The van der Waals surface area contributed by atoms with Gasteiger partial charge in [0.25, 0.3) is 0 Å². The number of rotatable bonds is 6. The maximum atomic E-state index is 11.9. The molecule has 0 radical (unpaired) electrons. The summed E-state index contributed by atoms with van der Waals surface area (Å²) in [4.78, 5) is 13.9. The molecular formula is C14H22IN3O. The lowest BCUT2D eigenvalue weighted by molar-refractivity contribution is -0.117. The van der Waals surface area contributed by atoms with E-state index in [-0.39, 0.29) is 11.3 Å². The van der Waals surface area contributed by atoms with Gasteiger partial charge in [-0.05, 0) is 59.8 Å². The maximum absolute atomic E-state index is 11.9. The molecule has 5 heteroatoms. The Bertz CT molecular complexity index is 434. The average molecular weight is 375 g/mol. The second-order valence-electron chi connectivity index (χ2n) is 5.60. The molecule has 0 aliphatic heterocycles. The Hall–Kier alpha value is -0.660. The van der Waals surface area contributed by atoms with E-state index >= 15 is 0 Å². The zero-order valence-electron chi connectivity index (χ0n) is 11.7. The highest BCUT2D eigenvalue weighted by atomic mass is 127. The molecule has 0 unspecified atom stereocenters. The molecule has 106 valence electrons. The van der Waals surface area contributed by atoms with Crippen LogP contribution in [-0.4, -0.2) is 37.5 Å². The number of likely N-dealkylation sites (N-methyl/N-ethyl adjacent to an activating group) is 1. The molecule has 0 fully saturated rings. The van der Waals surface area contributed by atoms with Gasteiger partial charge < -0.3 is 11.1 Å². The van der Waals surface area contributed by atoms with Crippen molar-refractivity contribution in [3.8, 4) is 0 Å².